The number of halogens is 4. The van der Waals surface area contributed by atoms with Crippen molar-refractivity contribution in [2.45, 2.75) is 6.18 Å². The number of carbonyl (C=O) groups excluding carboxylic acids is 1. The number of hydrogen-bond donors (Lipinski definition) is 1. The summed E-state index contributed by atoms with van der Waals surface area (Å²) in [7, 11) is 1.33. The van der Waals surface area contributed by atoms with E-state index in [2.05, 4.69) is 4.74 Å². The zero-order valence-corrected chi connectivity index (χ0v) is 9.75. The molecule has 0 amide bonds. The summed E-state index contributed by atoms with van der Waals surface area (Å²) in [6.07, 6.45) is -5.08. The number of carboxylic acids is 1. The number of hydrogen-bond acceptors (Lipinski definition) is 3. The molecule has 18 heavy (non-hydrogen) atoms. The molecule has 0 saturated heterocycles. The molecule has 4 nitrogen and oxygen atoms in total. The van der Waals surface area contributed by atoms with Gasteiger partial charge in [0.15, 0.2) is 0 Å². The number of carboxylic acid groups (broad SMARTS) is 1. The van der Waals surface area contributed by atoms with Crippen molar-refractivity contribution < 1.29 is 32.6 Å². The summed E-state index contributed by atoms with van der Waals surface area (Å²) >= 11 is 5.70. The van der Waals surface area contributed by atoms with Crippen LogP contribution in [0.25, 0.3) is 0 Å². The summed E-state index contributed by atoms with van der Waals surface area (Å²) in [5.41, 5.74) is 0.400. The highest BCUT2D eigenvalue weighted by Gasteiger charge is 2.38. The topological polar surface area (TPSA) is 63.6 Å². The Labute approximate surface area is 105 Å². The van der Waals surface area contributed by atoms with E-state index in [1.807, 2.05) is 0 Å². The first kappa shape index (κ1) is 16.2. The van der Waals surface area contributed by atoms with Crippen LogP contribution in [0.4, 0.5) is 13.2 Å². The van der Waals surface area contributed by atoms with Crippen LogP contribution in [0.1, 0.15) is 10.4 Å². The Morgan fingerprint density at radius 1 is 1.28 bits per heavy atom. The highest BCUT2D eigenvalue weighted by Crippen LogP contribution is 2.15. The Kier molecular flexibility index (Phi) is 6.18. The Balaban J connectivity index is 0.000000360. The molecule has 1 aromatic carbocycles. The molecular weight excluding hydrogens is 277 g/mol. The molecule has 0 unspecified atom stereocenters. The summed E-state index contributed by atoms with van der Waals surface area (Å²) in [4.78, 5) is 19.8. The van der Waals surface area contributed by atoms with Crippen molar-refractivity contribution in [3.8, 4) is 0 Å². The fourth-order valence-corrected chi connectivity index (χ4v) is 0.950. The van der Waals surface area contributed by atoms with Gasteiger partial charge in [-0.25, -0.2) is 9.59 Å². The first-order valence-electron chi connectivity index (χ1n) is 4.33. The number of alkyl halides is 3. The summed E-state index contributed by atoms with van der Waals surface area (Å²) in [6.45, 7) is 0. The minimum absolute atomic E-state index is 0.400. The lowest BCUT2D eigenvalue weighted by atomic mass is 10.2. The smallest absolute Gasteiger partial charge is 0.475 e. The zero-order valence-electron chi connectivity index (χ0n) is 8.99. The van der Waals surface area contributed by atoms with Crippen molar-refractivity contribution in [3.05, 3.63) is 34.9 Å². The maximum absolute atomic E-state index is 10.9. The number of methoxy groups -OCH3 is 1. The van der Waals surface area contributed by atoms with E-state index in [0.717, 1.165) is 0 Å². The van der Waals surface area contributed by atoms with Crippen LogP contribution in [0, 0.1) is 0 Å². The molecule has 100 valence electrons. The Bertz CT molecular complexity index is 431. The molecule has 0 aliphatic heterocycles. The Morgan fingerprint density at radius 2 is 1.72 bits per heavy atom. The number of rotatable bonds is 1. The Morgan fingerprint density at radius 3 is 2.06 bits per heavy atom. The van der Waals surface area contributed by atoms with Crippen LogP contribution in [0.5, 0.6) is 0 Å². The molecule has 0 fully saturated rings. The van der Waals surface area contributed by atoms with Crippen molar-refractivity contribution in [2.24, 2.45) is 0 Å². The summed E-state index contributed by atoms with van der Waals surface area (Å²) in [6, 6.07) is 6.76. The van der Waals surface area contributed by atoms with Gasteiger partial charge in [0.1, 0.15) is 0 Å². The number of carbonyl (C=O) groups is 2. The highest BCUT2D eigenvalue weighted by molar-refractivity contribution is 6.33. The average molecular weight is 285 g/mol. The molecule has 0 aliphatic rings. The summed E-state index contributed by atoms with van der Waals surface area (Å²) in [5, 5.41) is 7.54. The van der Waals surface area contributed by atoms with Crippen LogP contribution in [0.3, 0.4) is 0 Å². The fraction of sp³-hybridized carbons (Fsp3) is 0.200. The maximum Gasteiger partial charge on any atom is 0.490 e. The first-order chi connectivity index (χ1) is 8.20. The monoisotopic (exact) mass is 284 g/mol. The van der Waals surface area contributed by atoms with Crippen LogP contribution in [-0.2, 0) is 9.53 Å². The third kappa shape index (κ3) is 5.53. The Hall–Kier alpha value is -1.76. The highest BCUT2D eigenvalue weighted by atomic mass is 35.5. The molecule has 8 heteroatoms. The van der Waals surface area contributed by atoms with Gasteiger partial charge in [-0.05, 0) is 12.1 Å². The largest absolute Gasteiger partial charge is 0.490 e. The molecule has 0 radical (unpaired) electrons. The second kappa shape index (κ2) is 6.85. The normalized spacial score (nSPS) is 10.1. The van der Waals surface area contributed by atoms with Gasteiger partial charge < -0.3 is 9.84 Å². The summed E-state index contributed by atoms with van der Waals surface area (Å²) < 4.78 is 36.2. The van der Waals surface area contributed by atoms with E-state index in [9.17, 15) is 18.0 Å². The van der Waals surface area contributed by atoms with E-state index in [0.29, 0.717) is 10.6 Å². The predicted molar refractivity (Wildman–Crippen MR) is 56.5 cm³/mol. The predicted octanol–water partition coefficient (Wildman–Crippen LogP) is 2.76. The molecule has 1 rings (SSSR count). The van der Waals surface area contributed by atoms with Crippen molar-refractivity contribution >= 4 is 23.5 Å². The van der Waals surface area contributed by atoms with Crippen molar-refractivity contribution in [1.82, 2.24) is 0 Å². The molecule has 1 N–H and O–H groups in total. The average Bonchev–Trinajstić information content (AvgIpc) is 2.28. The van der Waals surface area contributed by atoms with Crippen LogP contribution >= 0.6 is 11.6 Å². The molecular formula is C10H8ClF3O4. The van der Waals surface area contributed by atoms with Crippen molar-refractivity contribution in [3.63, 3.8) is 0 Å². The molecule has 0 aromatic heterocycles. The molecule has 0 aliphatic carbocycles. The zero-order chi connectivity index (χ0) is 14.3. The van der Waals surface area contributed by atoms with Gasteiger partial charge >= 0.3 is 18.1 Å². The van der Waals surface area contributed by atoms with E-state index in [4.69, 9.17) is 21.5 Å². The van der Waals surface area contributed by atoms with E-state index in [1.54, 1.807) is 24.3 Å². The van der Waals surface area contributed by atoms with Gasteiger partial charge in [0.25, 0.3) is 0 Å². The molecule has 1 aromatic rings. The lowest BCUT2D eigenvalue weighted by Gasteiger charge is -1.99. The lowest BCUT2D eigenvalue weighted by molar-refractivity contribution is -0.192. The van der Waals surface area contributed by atoms with Crippen LogP contribution < -0.4 is 0 Å². The van der Waals surface area contributed by atoms with Gasteiger partial charge in [-0.1, -0.05) is 23.7 Å². The van der Waals surface area contributed by atoms with Gasteiger partial charge in [0, 0.05) is 0 Å². The van der Waals surface area contributed by atoms with E-state index < -0.39 is 18.1 Å². The molecule has 0 atom stereocenters. The van der Waals surface area contributed by atoms with E-state index in [-0.39, 0.29) is 0 Å². The molecule has 0 saturated carbocycles. The van der Waals surface area contributed by atoms with Gasteiger partial charge in [0.2, 0.25) is 0 Å². The number of esters is 1. The van der Waals surface area contributed by atoms with Gasteiger partial charge in [-0.2, -0.15) is 13.2 Å². The fourth-order valence-electron chi connectivity index (χ4n) is 0.737. The second-order valence-electron chi connectivity index (χ2n) is 2.77. The molecule has 0 heterocycles. The van der Waals surface area contributed by atoms with Crippen LogP contribution in [0.15, 0.2) is 24.3 Å². The SMILES string of the molecule is COC(=O)c1ccccc1Cl.O=C(O)C(F)(F)F. The number of ether oxygens (including phenoxy) is 1. The minimum atomic E-state index is -5.08. The molecule has 0 bridgehead atoms. The maximum atomic E-state index is 10.9. The number of benzene rings is 1. The third-order valence-electron chi connectivity index (χ3n) is 1.52. The van der Waals surface area contributed by atoms with Gasteiger partial charge in [0.05, 0.1) is 17.7 Å². The summed E-state index contributed by atoms with van der Waals surface area (Å²) in [5.74, 6) is -3.16. The van der Waals surface area contributed by atoms with Gasteiger partial charge in [-0.3, -0.25) is 0 Å². The van der Waals surface area contributed by atoms with Crippen molar-refractivity contribution in [1.29, 1.82) is 0 Å². The van der Waals surface area contributed by atoms with E-state index in [1.165, 1.54) is 7.11 Å². The minimum Gasteiger partial charge on any atom is -0.475 e. The van der Waals surface area contributed by atoms with Crippen molar-refractivity contribution in [2.75, 3.05) is 7.11 Å². The van der Waals surface area contributed by atoms with Gasteiger partial charge in [-0.15, -0.1) is 0 Å². The standard InChI is InChI=1S/C8H7ClO2.C2HF3O2/c1-11-8(10)6-4-2-3-5-7(6)9;3-2(4,5)1(6)7/h2-5H,1H3;(H,6,7). The lowest BCUT2D eigenvalue weighted by Crippen LogP contribution is -2.21. The molecule has 0 spiro atoms. The number of aliphatic carboxylic acids is 1. The third-order valence-corrected chi connectivity index (χ3v) is 1.85. The quantitative estimate of drug-likeness (QED) is 0.806. The second-order valence-corrected chi connectivity index (χ2v) is 3.18. The first-order valence-corrected chi connectivity index (χ1v) is 4.71. The van der Waals surface area contributed by atoms with Crippen LogP contribution in [0.2, 0.25) is 5.02 Å². The van der Waals surface area contributed by atoms with E-state index >= 15 is 0 Å². The van der Waals surface area contributed by atoms with Crippen LogP contribution in [-0.4, -0.2) is 30.3 Å².